The summed E-state index contributed by atoms with van der Waals surface area (Å²) in [5, 5.41) is 5.96. The summed E-state index contributed by atoms with van der Waals surface area (Å²) in [5.74, 6) is 0. The predicted octanol–water partition coefficient (Wildman–Crippen LogP) is 2.70. The molecule has 0 spiro atoms. The zero-order valence-electron chi connectivity index (χ0n) is 12.3. The van der Waals surface area contributed by atoms with E-state index in [1.807, 2.05) is 19.2 Å². The van der Waals surface area contributed by atoms with Crippen molar-refractivity contribution in [3.63, 3.8) is 0 Å². The lowest BCUT2D eigenvalue weighted by Gasteiger charge is -2.16. The zero-order valence-corrected chi connectivity index (χ0v) is 14.0. The Balaban J connectivity index is 2.16. The van der Waals surface area contributed by atoms with Gasteiger partial charge in [0.2, 0.25) is 10.0 Å². The fourth-order valence-electron chi connectivity index (χ4n) is 1.92. The molecule has 2 rings (SSSR count). The fraction of sp³-hybridized carbons (Fsp3) is 0.357. The molecule has 0 aliphatic carbocycles. The minimum absolute atomic E-state index is 0.279. The highest BCUT2D eigenvalue weighted by molar-refractivity contribution is 7.89. The number of thiazole rings is 1. The van der Waals surface area contributed by atoms with Gasteiger partial charge in [0.25, 0.3) is 0 Å². The van der Waals surface area contributed by atoms with Crippen molar-refractivity contribution in [2.75, 3.05) is 18.9 Å². The normalized spacial score (nSPS) is 11.8. The average molecular weight is 325 g/mol. The van der Waals surface area contributed by atoms with Crippen molar-refractivity contribution in [2.24, 2.45) is 0 Å². The molecule has 0 unspecified atom stereocenters. The van der Waals surface area contributed by atoms with Crippen molar-refractivity contribution in [1.29, 1.82) is 0 Å². The van der Waals surface area contributed by atoms with Gasteiger partial charge >= 0.3 is 0 Å². The van der Waals surface area contributed by atoms with Gasteiger partial charge in [-0.2, -0.15) is 4.31 Å². The number of aromatic nitrogens is 1. The van der Waals surface area contributed by atoms with E-state index in [1.54, 1.807) is 31.3 Å². The monoisotopic (exact) mass is 325 g/mol. The number of sulfonamides is 1. The first-order valence-corrected chi connectivity index (χ1v) is 8.96. The Hall–Kier alpha value is -1.44. The summed E-state index contributed by atoms with van der Waals surface area (Å²) in [7, 11) is -1.92. The van der Waals surface area contributed by atoms with Crippen LogP contribution in [0.3, 0.4) is 0 Å². The lowest BCUT2D eigenvalue weighted by Crippen LogP contribution is -2.26. The van der Waals surface area contributed by atoms with Crippen LogP contribution in [-0.4, -0.2) is 31.3 Å². The van der Waals surface area contributed by atoms with Gasteiger partial charge in [0, 0.05) is 24.7 Å². The molecule has 0 atom stereocenters. The number of benzene rings is 1. The number of hydrogen-bond donors (Lipinski definition) is 1. The molecule has 2 aromatic rings. The molecule has 0 fully saturated rings. The third-order valence-corrected chi connectivity index (χ3v) is 5.63. The Morgan fingerprint density at radius 3 is 2.48 bits per heavy atom. The second kappa shape index (κ2) is 6.55. The third kappa shape index (κ3) is 3.81. The molecule has 0 saturated carbocycles. The van der Waals surface area contributed by atoms with Gasteiger partial charge in [0.05, 0.1) is 22.1 Å². The van der Waals surface area contributed by atoms with Gasteiger partial charge in [-0.25, -0.2) is 13.4 Å². The molecular formula is C14H19N3O2S2. The molecule has 7 heteroatoms. The minimum atomic E-state index is -3.49. The van der Waals surface area contributed by atoms with Gasteiger partial charge in [-0.1, -0.05) is 0 Å². The number of anilines is 1. The minimum Gasteiger partial charge on any atom is -0.385 e. The van der Waals surface area contributed by atoms with Crippen LogP contribution in [-0.2, 0) is 16.6 Å². The Kier molecular flexibility index (Phi) is 4.97. The van der Waals surface area contributed by atoms with E-state index in [0.717, 1.165) is 22.9 Å². The molecule has 0 saturated heterocycles. The smallest absolute Gasteiger partial charge is 0.243 e. The van der Waals surface area contributed by atoms with E-state index in [2.05, 4.69) is 10.3 Å². The molecule has 0 bridgehead atoms. The lowest BCUT2D eigenvalue weighted by molar-refractivity contribution is 0.463. The molecule has 1 heterocycles. The van der Waals surface area contributed by atoms with Crippen LogP contribution in [0.15, 0.2) is 34.5 Å². The van der Waals surface area contributed by atoms with Crippen LogP contribution < -0.4 is 5.32 Å². The van der Waals surface area contributed by atoms with Crippen molar-refractivity contribution in [2.45, 2.75) is 25.3 Å². The summed E-state index contributed by atoms with van der Waals surface area (Å²) in [6.07, 6.45) is 0. The summed E-state index contributed by atoms with van der Waals surface area (Å²) in [6.45, 7) is 4.98. The van der Waals surface area contributed by atoms with Gasteiger partial charge in [-0.15, -0.1) is 11.3 Å². The van der Waals surface area contributed by atoms with Crippen molar-refractivity contribution in [3.05, 3.63) is 40.3 Å². The second-order valence-electron chi connectivity index (χ2n) is 4.67. The van der Waals surface area contributed by atoms with E-state index < -0.39 is 10.0 Å². The van der Waals surface area contributed by atoms with Crippen LogP contribution in [0.25, 0.3) is 0 Å². The molecule has 114 valence electrons. The summed E-state index contributed by atoms with van der Waals surface area (Å²) >= 11 is 1.52. The Morgan fingerprint density at radius 1 is 1.29 bits per heavy atom. The molecule has 1 N–H and O–H groups in total. The van der Waals surface area contributed by atoms with Gasteiger partial charge in [-0.3, -0.25) is 0 Å². The van der Waals surface area contributed by atoms with Crippen LogP contribution in [0.2, 0.25) is 0 Å². The van der Waals surface area contributed by atoms with Gasteiger partial charge < -0.3 is 5.32 Å². The summed E-state index contributed by atoms with van der Waals surface area (Å²) in [6, 6.07) is 6.79. The van der Waals surface area contributed by atoms with Crippen LogP contribution >= 0.6 is 11.3 Å². The molecule has 0 radical (unpaired) electrons. The maximum Gasteiger partial charge on any atom is 0.243 e. The zero-order chi connectivity index (χ0) is 15.5. The highest BCUT2D eigenvalue weighted by atomic mass is 32.2. The fourth-order valence-corrected chi connectivity index (χ4v) is 3.67. The number of aryl methyl sites for hydroxylation is 1. The van der Waals surface area contributed by atoms with E-state index in [1.165, 1.54) is 15.6 Å². The quantitative estimate of drug-likeness (QED) is 0.887. The van der Waals surface area contributed by atoms with Crippen molar-refractivity contribution in [1.82, 2.24) is 9.29 Å². The summed E-state index contributed by atoms with van der Waals surface area (Å²) in [4.78, 5) is 4.59. The molecule has 21 heavy (non-hydrogen) atoms. The standard InChI is InChI=1S/C14H19N3O2S2/c1-4-15-12-5-7-14(8-6-12)21(18,19)17(3)9-13-10-20-11(2)16-13/h5-8,10,15H,4,9H2,1-3H3. The number of hydrogen-bond acceptors (Lipinski definition) is 5. The summed E-state index contributed by atoms with van der Waals surface area (Å²) < 4.78 is 26.3. The highest BCUT2D eigenvalue weighted by Gasteiger charge is 2.21. The topological polar surface area (TPSA) is 62.3 Å². The van der Waals surface area contributed by atoms with E-state index in [0.29, 0.717) is 4.90 Å². The van der Waals surface area contributed by atoms with Gasteiger partial charge in [0.15, 0.2) is 0 Å². The first-order valence-electron chi connectivity index (χ1n) is 6.64. The maximum atomic E-state index is 12.5. The van der Waals surface area contributed by atoms with Crippen molar-refractivity contribution in [3.8, 4) is 0 Å². The number of rotatable bonds is 6. The maximum absolute atomic E-state index is 12.5. The lowest BCUT2D eigenvalue weighted by atomic mass is 10.3. The van der Waals surface area contributed by atoms with E-state index in [4.69, 9.17) is 0 Å². The Bertz CT molecular complexity index is 693. The number of nitrogens with zero attached hydrogens (tertiary/aromatic N) is 2. The average Bonchev–Trinajstić information content (AvgIpc) is 2.85. The molecule has 1 aromatic heterocycles. The molecule has 0 aliphatic rings. The number of nitrogens with one attached hydrogen (secondary N) is 1. The molecule has 5 nitrogen and oxygen atoms in total. The Morgan fingerprint density at radius 2 is 1.95 bits per heavy atom. The first kappa shape index (κ1) is 15.9. The largest absolute Gasteiger partial charge is 0.385 e. The third-order valence-electron chi connectivity index (χ3n) is 2.99. The molecule has 0 amide bonds. The van der Waals surface area contributed by atoms with E-state index in [-0.39, 0.29) is 6.54 Å². The van der Waals surface area contributed by atoms with Crippen molar-refractivity contribution >= 4 is 27.0 Å². The predicted molar refractivity (Wildman–Crippen MR) is 86.1 cm³/mol. The molecule has 0 aliphatic heterocycles. The molecular weight excluding hydrogens is 306 g/mol. The van der Waals surface area contributed by atoms with Gasteiger partial charge in [-0.05, 0) is 38.1 Å². The van der Waals surface area contributed by atoms with Gasteiger partial charge in [0.1, 0.15) is 0 Å². The van der Waals surface area contributed by atoms with E-state index >= 15 is 0 Å². The van der Waals surface area contributed by atoms with Crippen LogP contribution in [0.4, 0.5) is 5.69 Å². The second-order valence-corrected chi connectivity index (χ2v) is 7.78. The first-order chi connectivity index (χ1) is 9.93. The highest BCUT2D eigenvalue weighted by Crippen LogP contribution is 2.19. The van der Waals surface area contributed by atoms with Crippen molar-refractivity contribution < 1.29 is 8.42 Å². The van der Waals surface area contributed by atoms with Crippen LogP contribution in [0, 0.1) is 6.92 Å². The molecule has 1 aromatic carbocycles. The van der Waals surface area contributed by atoms with Crippen LogP contribution in [0.5, 0.6) is 0 Å². The van der Waals surface area contributed by atoms with Crippen LogP contribution in [0.1, 0.15) is 17.6 Å². The summed E-state index contributed by atoms with van der Waals surface area (Å²) in [5.41, 5.74) is 1.68. The Labute approximate surface area is 129 Å². The SMILES string of the molecule is CCNc1ccc(S(=O)(=O)N(C)Cc2csc(C)n2)cc1. The van der Waals surface area contributed by atoms with E-state index in [9.17, 15) is 8.42 Å².